The number of ether oxygens (including phenoxy) is 1. The molecule has 0 unspecified atom stereocenters. The molecule has 1 aromatic rings. The predicted octanol–water partition coefficient (Wildman–Crippen LogP) is 1.11. The van der Waals surface area contributed by atoms with Gasteiger partial charge in [0.2, 0.25) is 0 Å². The van der Waals surface area contributed by atoms with Crippen LogP contribution in [0.2, 0.25) is 0 Å². The lowest BCUT2D eigenvalue weighted by Gasteiger charge is -2.05. The summed E-state index contributed by atoms with van der Waals surface area (Å²) in [6, 6.07) is 1.47. The third-order valence-corrected chi connectivity index (χ3v) is 1.74. The maximum Gasteiger partial charge on any atom is 0.251 e. The number of nitrogens with one attached hydrogen (secondary N) is 1. The van der Waals surface area contributed by atoms with Crippen molar-refractivity contribution in [2.24, 2.45) is 5.92 Å². The molecule has 0 aliphatic rings. The Bertz CT molecular complexity index is 344. The first-order chi connectivity index (χ1) is 6.61. The van der Waals surface area contributed by atoms with Crippen LogP contribution in [-0.4, -0.2) is 17.1 Å². The van der Waals surface area contributed by atoms with Crippen molar-refractivity contribution in [3.63, 3.8) is 0 Å². The average Bonchev–Trinajstić information content (AvgIpc) is 2.01. The topological polar surface area (TPSA) is 55.0 Å². The van der Waals surface area contributed by atoms with Crippen molar-refractivity contribution in [3.05, 3.63) is 27.9 Å². The summed E-state index contributed by atoms with van der Waals surface area (Å²) in [4.78, 5) is 18.2. The zero-order valence-corrected chi connectivity index (χ0v) is 8.83. The average molecular weight is 196 g/mol. The fraction of sp³-hybridized carbons (Fsp3) is 0.600. The molecule has 1 aromatic heterocycles. The third kappa shape index (κ3) is 3.30. The van der Waals surface area contributed by atoms with Gasteiger partial charge in [-0.2, -0.15) is 0 Å². The zero-order valence-electron chi connectivity index (χ0n) is 8.83. The standard InChI is InChI=1S/C10H16N2O2/c1-7(2)4-9-11-8(6-14-3)5-10(13)12-9/h5,7H,4,6H2,1-3H3,(H,11,12,13). The molecule has 0 spiro atoms. The summed E-state index contributed by atoms with van der Waals surface area (Å²) < 4.78 is 4.93. The Hall–Kier alpha value is -1.16. The number of H-pyrrole nitrogens is 1. The maximum absolute atomic E-state index is 11.2. The summed E-state index contributed by atoms with van der Waals surface area (Å²) in [6.07, 6.45) is 0.785. The predicted molar refractivity (Wildman–Crippen MR) is 54.1 cm³/mol. The maximum atomic E-state index is 11.2. The van der Waals surface area contributed by atoms with Gasteiger partial charge in [-0.1, -0.05) is 13.8 Å². The van der Waals surface area contributed by atoms with Crippen LogP contribution in [0.25, 0.3) is 0 Å². The fourth-order valence-corrected chi connectivity index (χ4v) is 1.27. The lowest BCUT2D eigenvalue weighted by Crippen LogP contribution is -2.14. The minimum atomic E-state index is -0.109. The van der Waals surface area contributed by atoms with Crippen LogP contribution >= 0.6 is 0 Å². The molecule has 1 rings (SSSR count). The molecular formula is C10H16N2O2. The molecule has 4 nitrogen and oxygen atoms in total. The van der Waals surface area contributed by atoms with E-state index in [0.29, 0.717) is 18.2 Å². The highest BCUT2D eigenvalue weighted by Crippen LogP contribution is 2.02. The van der Waals surface area contributed by atoms with Crippen molar-refractivity contribution in [2.75, 3.05) is 7.11 Å². The second-order valence-corrected chi connectivity index (χ2v) is 3.71. The molecule has 0 fully saturated rings. The largest absolute Gasteiger partial charge is 0.378 e. The van der Waals surface area contributed by atoms with E-state index in [1.54, 1.807) is 7.11 Å². The summed E-state index contributed by atoms with van der Waals surface area (Å²) in [6.45, 7) is 4.56. The summed E-state index contributed by atoms with van der Waals surface area (Å²) >= 11 is 0. The minimum absolute atomic E-state index is 0.109. The molecule has 1 N–H and O–H groups in total. The highest BCUT2D eigenvalue weighted by Gasteiger charge is 2.03. The van der Waals surface area contributed by atoms with Crippen LogP contribution in [0.5, 0.6) is 0 Å². The van der Waals surface area contributed by atoms with Crippen LogP contribution in [-0.2, 0) is 17.8 Å². The molecule has 14 heavy (non-hydrogen) atoms. The van der Waals surface area contributed by atoms with Crippen LogP contribution in [0.4, 0.5) is 0 Å². The van der Waals surface area contributed by atoms with Gasteiger partial charge < -0.3 is 9.72 Å². The quantitative estimate of drug-likeness (QED) is 0.785. The Morgan fingerprint density at radius 1 is 1.57 bits per heavy atom. The van der Waals surface area contributed by atoms with Gasteiger partial charge in [-0.25, -0.2) is 4.98 Å². The molecule has 0 aromatic carbocycles. The molecule has 0 saturated carbocycles. The number of aromatic nitrogens is 2. The van der Waals surface area contributed by atoms with Crippen molar-refractivity contribution in [1.29, 1.82) is 0 Å². The van der Waals surface area contributed by atoms with Crippen molar-refractivity contribution in [1.82, 2.24) is 9.97 Å². The zero-order chi connectivity index (χ0) is 10.6. The lowest BCUT2D eigenvalue weighted by molar-refractivity contribution is 0.181. The summed E-state index contributed by atoms with van der Waals surface area (Å²) in [5.74, 6) is 1.22. The van der Waals surface area contributed by atoms with Gasteiger partial charge in [-0.15, -0.1) is 0 Å². The number of methoxy groups -OCH3 is 1. The SMILES string of the molecule is COCc1cc(=O)[nH]c(CC(C)C)n1. The van der Waals surface area contributed by atoms with E-state index in [1.807, 2.05) is 0 Å². The fourth-order valence-electron chi connectivity index (χ4n) is 1.27. The van der Waals surface area contributed by atoms with Gasteiger partial charge in [-0.3, -0.25) is 4.79 Å². The molecule has 1 heterocycles. The summed E-state index contributed by atoms with van der Waals surface area (Å²) in [7, 11) is 1.59. The Morgan fingerprint density at radius 2 is 2.29 bits per heavy atom. The Labute approximate surface area is 83.3 Å². The van der Waals surface area contributed by atoms with Crippen LogP contribution in [0.15, 0.2) is 10.9 Å². The second kappa shape index (κ2) is 4.91. The Kier molecular flexibility index (Phi) is 3.83. The van der Waals surface area contributed by atoms with Gasteiger partial charge in [0.15, 0.2) is 0 Å². The number of rotatable bonds is 4. The first-order valence-corrected chi connectivity index (χ1v) is 4.70. The van der Waals surface area contributed by atoms with E-state index in [-0.39, 0.29) is 5.56 Å². The molecule has 0 atom stereocenters. The van der Waals surface area contributed by atoms with E-state index in [2.05, 4.69) is 23.8 Å². The van der Waals surface area contributed by atoms with E-state index in [9.17, 15) is 4.79 Å². The van der Waals surface area contributed by atoms with Gasteiger partial charge >= 0.3 is 0 Å². The normalized spacial score (nSPS) is 10.9. The minimum Gasteiger partial charge on any atom is -0.378 e. The molecule has 0 bridgehead atoms. The van der Waals surface area contributed by atoms with E-state index < -0.39 is 0 Å². The van der Waals surface area contributed by atoms with Gasteiger partial charge in [-0.05, 0) is 5.92 Å². The monoisotopic (exact) mass is 196 g/mol. The van der Waals surface area contributed by atoms with Gasteiger partial charge in [0.05, 0.1) is 12.3 Å². The summed E-state index contributed by atoms with van der Waals surface area (Å²) in [5, 5.41) is 0. The molecule has 0 aliphatic heterocycles. The van der Waals surface area contributed by atoms with Gasteiger partial charge in [0.1, 0.15) is 5.82 Å². The van der Waals surface area contributed by atoms with Crippen molar-refractivity contribution >= 4 is 0 Å². The number of hydrogen-bond acceptors (Lipinski definition) is 3. The Balaban J connectivity index is 2.89. The van der Waals surface area contributed by atoms with Gasteiger partial charge in [0, 0.05) is 19.6 Å². The first kappa shape index (κ1) is 10.9. The van der Waals surface area contributed by atoms with Crippen LogP contribution in [0.1, 0.15) is 25.4 Å². The number of hydrogen-bond donors (Lipinski definition) is 1. The van der Waals surface area contributed by atoms with Crippen LogP contribution < -0.4 is 5.56 Å². The van der Waals surface area contributed by atoms with E-state index in [0.717, 1.165) is 12.2 Å². The molecule has 78 valence electrons. The van der Waals surface area contributed by atoms with Crippen molar-refractivity contribution in [3.8, 4) is 0 Å². The number of nitrogens with zero attached hydrogens (tertiary/aromatic N) is 1. The van der Waals surface area contributed by atoms with E-state index in [4.69, 9.17) is 4.74 Å². The second-order valence-electron chi connectivity index (χ2n) is 3.71. The lowest BCUT2D eigenvalue weighted by atomic mass is 10.1. The van der Waals surface area contributed by atoms with Gasteiger partial charge in [0.25, 0.3) is 5.56 Å². The molecule has 0 saturated heterocycles. The summed E-state index contributed by atoms with van der Waals surface area (Å²) in [5.41, 5.74) is 0.578. The van der Waals surface area contributed by atoms with Crippen molar-refractivity contribution < 1.29 is 4.74 Å². The number of aromatic amines is 1. The first-order valence-electron chi connectivity index (χ1n) is 4.70. The van der Waals surface area contributed by atoms with E-state index in [1.165, 1.54) is 6.07 Å². The third-order valence-electron chi connectivity index (χ3n) is 1.74. The Morgan fingerprint density at radius 3 is 2.86 bits per heavy atom. The molecule has 4 heteroatoms. The molecular weight excluding hydrogens is 180 g/mol. The molecule has 0 amide bonds. The molecule has 0 aliphatic carbocycles. The highest BCUT2D eigenvalue weighted by atomic mass is 16.5. The highest BCUT2D eigenvalue weighted by molar-refractivity contribution is 5.02. The smallest absolute Gasteiger partial charge is 0.251 e. The molecule has 0 radical (unpaired) electrons. The van der Waals surface area contributed by atoms with Crippen molar-refractivity contribution in [2.45, 2.75) is 26.9 Å². The van der Waals surface area contributed by atoms with E-state index >= 15 is 0 Å². The van der Waals surface area contributed by atoms with Crippen LogP contribution in [0.3, 0.4) is 0 Å². The van der Waals surface area contributed by atoms with Crippen LogP contribution in [0, 0.1) is 5.92 Å².